The van der Waals surface area contributed by atoms with Crippen LogP contribution >= 0.6 is 0 Å². The minimum absolute atomic E-state index is 0.270. The van der Waals surface area contributed by atoms with Crippen molar-refractivity contribution in [2.75, 3.05) is 19.7 Å². The Kier molecular flexibility index (Phi) is 21.5. The van der Waals surface area contributed by atoms with Crippen LogP contribution < -0.4 is 15.4 Å². The summed E-state index contributed by atoms with van der Waals surface area (Å²) >= 11 is 0. The van der Waals surface area contributed by atoms with E-state index in [0.29, 0.717) is 23.5 Å². The van der Waals surface area contributed by atoms with Crippen LogP contribution in [0.3, 0.4) is 0 Å². The van der Waals surface area contributed by atoms with E-state index >= 15 is 0 Å². The topological polar surface area (TPSA) is 216 Å². The molecule has 2 amide bonds. The number of ether oxygens (including phenoxy) is 4. The fourth-order valence-corrected chi connectivity index (χ4v) is 7.37. The summed E-state index contributed by atoms with van der Waals surface area (Å²) in [6.45, 7) is 4.17. The number of nitrogens with one attached hydrogen (secondary N) is 2. The third kappa shape index (κ3) is 16.0. The van der Waals surface area contributed by atoms with Crippen LogP contribution in [0.25, 0.3) is 0 Å². The summed E-state index contributed by atoms with van der Waals surface area (Å²) in [5, 5.41) is 68.9. The standard InChI is InChI=1S/C45H70N2O12/c1-3-4-5-6-7-8-9-10-11-12-13-14-15-16-17-18-27-56-33-25-23-32(24-26-33)43(55)47-29-35-37(49)39(51)41(53)45(58-35)59-44-40(52)38(50)36(48)34(57-44)28-46-42(54)31-21-19-30(2)20-22-31/h19-26,34-41,44-45,48-53H,3-18,27-29H2,1-2H3,(H,46,54)(H,47,55)/t34-,35-,36-,37-,38+,39+,40-,41-,44-,45-/m1/s1. The third-order valence-corrected chi connectivity index (χ3v) is 11.2. The van der Waals surface area contributed by atoms with Gasteiger partial charge in [0.1, 0.15) is 54.6 Å². The number of carbonyl (C=O) groups excluding carboxylic acids is 2. The lowest BCUT2D eigenvalue weighted by atomic mass is 9.97. The number of rotatable bonds is 26. The molecule has 0 aliphatic carbocycles. The summed E-state index contributed by atoms with van der Waals surface area (Å²) in [5.41, 5.74) is 1.65. The monoisotopic (exact) mass is 830 g/mol. The number of aliphatic hydroxyl groups is 6. The average Bonchev–Trinajstić information content (AvgIpc) is 3.24. The van der Waals surface area contributed by atoms with Crippen molar-refractivity contribution in [2.24, 2.45) is 0 Å². The van der Waals surface area contributed by atoms with Gasteiger partial charge in [-0.2, -0.15) is 0 Å². The fourth-order valence-electron chi connectivity index (χ4n) is 7.37. The summed E-state index contributed by atoms with van der Waals surface area (Å²) in [6, 6.07) is 13.4. The zero-order valence-electron chi connectivity index (χ0n) is 35.0. The van der Waals surface area contributed by atoms with Crippen molar-refractivity contribution in [1.29, 1.82) is 0 Å². The molecule has 0 radical (unpaired) electrons. The maximum Gasteiger partial charge on any atom is 0.251 e. The average molecular weight is 831 g/mol. The zero-order valence-corrected chi connectivity index (χ0v) is 35.0. The van der Waals surface area contributed by atoms with Crippen LogP contribution in [0, 0.1) is 6.92 Å². The maximum absolute atomic E-state index is 13.0. The Labute approximate surface area is 349 Å². The number of aliphatic hydroxyl groups excluding tert-OH is 6. The second-order valence-corrected chi connectivity index (χ2v) is 16.1. The third-order valence-electron chi connectivity index (χ3n) is 11.2. The van der Waals surface area contributed by atoms with Gasteiger partial charge in [-0.1, -0.05) is 121 Å². The van der Waals surface area contributed by atoms with Crippen molar-refractivity contribution in [3.63, 3.8) is 0 Å². The highest BCUT2D eigenvalue weighted by atomic mass is 16.8. The molecule has 332 valence electrons. The molecule has 14 heteroatoms. The van der Waals surface area contributed by atoms with Crippen molar-refractivity contribution in [3.8, 4) is 5.75 Å². The number of hydrogen-bond acceptors (Lipinski definition) is 12. The van der Waals surface area contributed by atoms with Crippen molar-refractivity contribution in [2.45, 2.75) is 178 Å². The fraction of sp³-hybridized carbons (Fsp3) is 0.689. The molecular weight excluding hydrogens is 760 g/mol. The van der Waals surface area contributed by atoms with Gasteiger partial charge in [0.05, 0.1) is 6.61 Å². The van der Waals surface area contributed by atoms with E-state index in [-0.39, 0.29) is 13.1 Å². The lowest BCUT2D eigenvalue weighted by Gasteiger charge is -2.45. The molecule has 0 saturated carbocycles. The number of aryl methyl sites for hydroxylation is 1. The zero-order chi connectivity index (χ0) is 42.6. The highest BCUT2D eigenvalue weighted by molar-refractivity contribution is 5.94. The molecule has 2 heterocycles. The minimum Gasteiger partial charge on any atom is -0.494 e. The first-order chi connectivity index (χ1) is 28.5. The van der Waals surface area contributed by atoms with Gasteiger partial charge in [-0.05, 0) is 49.7 Å². The summed E-state index contributed by atoms with van der Waals surface area (Å²) < 4.78 is 22.9. The van der Waals surface area contributed by atoms with Gasteiger partial charge in [-0.3, -0.25) is 9.59 Å². The number of carbonyl (C=O) groups is 2. The van der Waals surface area contributed by atoms with E-state index in [4.69, 9.17) is 18.9 Å². The normalized spacial score (nSPS) is 27.0. The quantitative estimate of drug-likeness (QED) is 0.0619. The number of unbranched alkanes of at least 4 members (excludes halogenated alkanes) is 15. The molecule has 2 aromatic rings. The molecule has 14 nitrogen and oxygen atoms in total. The molecule has 8 N–H and O–H groups in total. The van der Waals surface area contributed by atoms with E-state index in [1.165, 1.54) is 89.9 Å². The van der Waals surface area contributed by atoms with Gasteiger partial charge in [0.2, 0.25) is 0 Å². The van der Waals surface area contributed by atoms with E-state index in [1.54, 1.807) is 48.5 Å². The second-order valence-electron chi connectivity index (χ2n) is 16.1. The Morgan fingerprint density at radius 2 is 0.898 bits per heavy atom. The van der Waals surface area contributed by atoms with Crippen LogP contribution in [-0.4, -0.2) is 124 Å². The van der Waals surface area contributed by atoms with Gasteiger partial charge in [0.15, 0.2) is 12.6 Å². The molecule has 59 heavy (non-hydrogen) atoms. The molecular formula is C45H70N2O12. The first-order valence-corrected chi connectivity index (χ1v) is 21.9. The Balaban J connectivity index is 1.12. The lowest BCUT2D eigenvalue weighted by molar-refractivity contribution is -0.372. The predicted octanol–water partition coefficient (Wildman–Crippen LogP) is 4.43. The Bertz CT molecular complexity index is 1480. The van der Waals surface area contributed by atoms with Gasteiger partial charge < -0.3 is 60.2 Å². The first-order valence-electron chi connectivity index (χ1n) is 21.9. The van der Waals surface area contributed by atoms with Gasteiger partial charge in [0, 0.05) is 24.2 Å². The molecule has 4 rings (SSSR count). The Morgan fingerprint density at radius 3 is 1.31 bits per heavy atom. The Hall–Kier alpha value is -3.18. The molecule has 2 saturated heterocycles. The molecule has 0 aromatic heterocycles. The molecule has 2 aromatic carbocycles. The number of amides is 2. The molecule has 2 aliphatic rings. The summed E-state index contributed by atoms with van der Waals surface area (Å²) in [6.07, 6.45) is 4.57. The van der Waals surface area contributed by atoms with Crippen molar-refractivity contribution in [1.82, 2.24) is 10.6 Å². The number of hydrogen-bond donors (Lipinski definition) is 8. The Morgan fingerprint density at radius 1 is 0.525 bits per heavy atom. The largest absolute Gasteiger partial charge is 0.494 e. The highest BCUT2D eigenvalue weighted by Gasteiger charge is 2.49. The molecule has 2 fully saturated rings. The van der Waals surface area contributed by atoms with Crippen LogP contribution in [0.5, 0.6) is 5.75 Å². The van der Waals surface area contributed by atoms with Gasteiger partial charge in [-0.25, -0.2) is 0 Å². The van der Waals surface area contributed by atoms with Crippen LogP contribution in [-0.2, 0) is 14.2 Å². The van der Waals surface area contributed by atoms with Crippen molar-refractivity contribution < 1.29 is 59.2 Å². The van der Waals surface area contributed by atoms with Crippen LogP contribution in [0.2, 0.25) is 0 Å². The smallest absolute Gasteiger partial charge is 0.251 e. The van der Waals surface area contributed by atoms with Crippen LogP contribution in [0.4, 0.5) is 0 Å². The molecule has 0 unspecified atom stereocenters. The van der Waals surface area contributed by atoms with Crippen LogP contribution in [0.1, 0.15) is 136 Å². The van der Waals surface area contributed by atoms with E-state index < -0.39 is 73.2 Å². The van der Waals surface area contributed by atoms with E-state index in [0.717, 1.165) is 18.4 Å². The van der Waals surface area contributed by atoms with E-state index in [1.807, 2.05) is 6.92 Å². The highest BCUT2D eigenvalue weighted by Crippen LogP contribution is 2.28. The lowest BCUT2D eigenvalue weighted by Crippen LogP contribution is -2.64. The predicted molar refractivity (Wildman–Crippen MR) is 222 cm³/mol. The summed E-state index contributed by atoms with van der Waals surface area (Å²) in [4.78, 5) is 25.6. The van der Waals surface area contributed by atoms with Gasteiger partial charge in [0.25, 0.3) is 11.8 Å². The molecule has 0 spiro atoms. The summed E-state index contributed by atoms with van der Waals surface area (Å²) in [5.74, 6) is -0.301. The van der Waals surface area contributed by atoms with E-state index in [9.17, 15) is 40.2 Å². The van der Waals surface area contributed by atoms with Crippen LogP contribution in [0.15, 0.2) is 48.5 Å². The van der Waals surface area contributed by atoms with E-state index in [2.05, 4.69) is 17.6 Å². The molecule has 0 bridgehead atoms. The molecule has 2 aliphatic heterocycles. The van der Waals surface area contributed by atoms with Crippen molar-refractivity contribution in [3.05, 3.63) is 65.2 Å². The second kappa shape index (κ2) is 26.2. The van der Waals surface area contributed by atoms with Gasteiger partial charge >= 0.3 is 0 Å². The number of benzene rings is 2. The maximum atomic E-state index is 13.0. The SMILES string of the molecule is CCCCCCCCCCCCCCCCCCOc1ccc(C(=O)NC[C@H]2O[C@H](O[C@H]3O[C@H](CNC(=O)c4ccc(C)cc4)[C@@H](O)[C@H](O)[C@H]3O)[C@H](O)[C@@H](O)[C@@H]2O)cc1. The first kappa shape index (κ1) is 48.5. The summed E-state index contributed by atoms with van der Waals surface area (Å²) in [7, 11) is 0. The van der Waals surface area contributed by atoms with Crippen molar-refractivity contribution >= 4 is 11.8 Å². The van der Waals surface area contributed by atoms with Gasteiger partial charge in [-0.15, -0.1) is 0 Å². The minimum atomic E-state index is -1.82. The molecule has 10 atom stereocenters.